The molecule has 108 valence electrons. The second kappa shape index (κ2) is 5.64. The minimum Gasteiger partial charge on any atom is -0.337 e. The maximum absolute atomic E-state index is 12.2. The van der Waals surface area contributed by atoms with Crippen LogP contribution in [0.5, 0.6) is 0 Å². The van der Waals surface area contributed by atoms with E-state index in [9.17, 15) is 8.42 Å². The summed E-state index contributed by atoms with van der Waals surface area (Å²) in [4.78, 5) is 0.173. The molecular formula is C13H17N3O3S. The van der Waals surface area contributed by atoms with Gasteiger partial charge >= 0.3 is 0 Å². The Kier molecular flexibility index (Phi) is 4.10. The molecule has 0 bridgehead atoms. The van der Waals surface area contributed by atoms with Crippen molar-refractivity contribution in [3.8, 4) is 0 Å². The van der Waals surface area contributed by atoms with Gasteiger partial charge in [-0.25, -0.2) is 13.1 Å². The highest BCUT2D eigenvalue weighted by atomic mass is 32.2. The van der Waals surface area contributed by atoms with Crippen molar-refractivity contribution in [2.24, 2.45) is 5.73 Å². The molecule has 0 aliphatic rings. The number of nitrogens with one attached hydrogen (secondary N) is 1. The van der Waals surface area contributed by atoms with Gasteiger partial charge in [0.25, 0.3) is 10.0 Å². The number of aromatic nitrogens is 1. The summed E-state index contributed by atoms with van der Waals surface area (Å²) in [5.41, 5.74) is 7.78. The molecule has 0 radical (unpaired) electrons. The third kappa shape index (κ3) is 3.00. The van der Waals surface area contributed by atoms with Crippen LogP contribution in [0, 0.1) is 13.8 Å². The van der Waals surface area contributed by atoms with E-state index in [0.717, 1.165) is 5.56 Å². The average molecular weight is 295 g/mol. The van der Waals surface area contributed by atoms with E-state index in [1.54, 1.807) is 38.1 Å². The van der Waals surface area contributed by atoms with Gasteiger partial charge in [0.2, 0.25) is 5.88 Å². The third-order valence-electron chi connectivity index (χ3n) is 3.05. The van der Waals surface area contributed by atoms with E-state index in [0.29, 0.717) is 24.2 Å². The van der Waals surface area contributed by atoms with Gasteiger partial charge in [0, 0.05) is 5.56 Å². The van der Waals surface area contributed by atoms with E-state index in [1.807, 2.05) is 0 Å². The van der Waals surface area contributed by atoms with Crippen molar-refractivity contribution in [1.29, 1.82) is 0 Å². The quantitative estimate of drug-likeness (QED) is 0.873. The highest BCUT2D eigenvalue weighted by Gasteiger charge is 2.18. The Morgan fingerprint density at radius 2 is 1.90 bits per heavy atom. The van der Waals surface area contributed by atoms with Crippen molar-refractivity contribution in [2.75, 3.05) is 11.3 Å². The van der Waals surface area contributed by atoms with Crippen LogP contribution in [0.2, 0.25) is 0 Å². The zero-order valence-corrected chi connectivity index (χ0v) is 12.2. The standard InChI is InChI=1S/C13H17N3O3S/c1-9-10(2)15-19-13(9)16-20(17,18)12-5-3-11(4-6-12)7-8-14/h3-6,16H,7-8,14H2,1-2H3. The van der Waals surface area contributed by atoms with Crippen molar-refractivity contribution in [3.63, 3.8) is 0 Å². The van der Waals surface area contributed by atoms with Crippen molar-refractivity contribution >= 4 is 15.9 Å². The second-order valence-electron chi connectivity index (χ2n) is 4.51. The van der Waals surface area contributed by atoms with Crippen molar-refractivity contribution < 1.29 is 12.9 Å². The van der Waals surface area contributed by atoms with Gasteiger partial charge in [-0.3, -0.25) is 0 Å². The maximum Gasteiger partial charge on any atom is 0.264 e. The topological polar surface area (TPSA) is 98.2 Å². The van der Waals surface area contributed by atoms with Crippen LogP contribution in [-0.2, 0) is 16.4 Å². The fourth-order valence-corrected chi connectivity index (χ4v) is 2.74. The zero-order valence-electron chi connectivity index (χ0n) is 11.4. The van der Waals surface area contributed by atoms with E-state index >= 15 is 0 Å². The lowest BCUT2D eigenvalue weighted by atomic mass is 10.2. The Morgan fingerprint density at radius 3 is 2.40 bits per heavy atom. The Bertz CT molecular complexity index is 690. The van der Waals surface area contributed by atoms with Crippen molar-refractivity contribution in [3.05, 3.63) is 41.1 Å². The summed E-state index contributed by atoms with van der Waals surface area (Å²) in [7, 11) is -3.67. The fourth-order valence-electron chi connectivity index (χ4n) is 1.69. The lowest BCUT2D eigenvalue weighted by Gasteiger charge is -2.06. The normalized spacial score (nSPS) is 11.6. The number of aryl methyl sites for hydroxylation is 1. The van der Waals surface area contributed by atoms with E-state index in [4.69, 9.17) is 10.3 Å². The molecule has 0 aliphatic heterocycles. The first-order valence-corrected chi connectivity index (χ1v) is 7.67. The Morgan fingerprint density at radius 1 is 1.25 bits per heavy atom. The van der Waals surface area contributed by atoms with Crippen LogP contribution in [0.25, 0.3) is 0 Å². The molecule has 0 saturated carbocycles. The Hall–Kier alpha value is -1.86. The maximum atomic E-state index is 12.2. The van der Waals surface area contributed by atoms with Gasteiger partial charge in [0.1, 0.15) is 0 Å². The minimum absolute atomic E-state index is 0.147. The summed E-state index contributed by atoms with van der Waals surface area (Å²) in [6.45, 7) is 4.02. The lowest BCUT2D eigenvalue weighted by Crippen LogP contribution is -2.13. The van der Waals surface area contributed by atoms with E-state index in [1.165, 1.54) is 0 Å². The molecule has 2 rings (SSSR count). The summed E-state index contributed by atoms with van der Waals surface area (Å²) < 4.78 is 31.8. The molecule has 1 aromatic carbocycles. The monoisotopic (exact) mass is 295 g/mol. The number of hydrogen-bond donors (Lipinski definition) is 2. The summed E-state index contributed by atoms with van der Waals surface area (Å²) in [5, 5.41) is 3.72. The zero-order chi connectivity index (χ0) is 14.8. The minimum atomic E-state index is -3.67. The van der Waals surface area contributed by atoms with Gasteiger partial charge in [0.15, 0.2) is 0 Å². The van der Waals surface area contributed by atoms with Gasteiger partial charge < -0.3 is 10.3 Å². The molecule has 3 N–H and O–H groups in total. The van der Waals surface area contributed by atoms with E-state index in [2.05, 4.69) is 9.88 Å². The summed E-state index contributed by atoms with van der Waals surface area (Å²) in [5.74, 6) is 0.147. The second-order valence-corrected chi connectivity index (χ2v) is 6.19. The Labute approximate surface area is 118 Å². The van der Waals surface area contributed by atoms with Gasteiger partial charge in [-0.1, -0.05) is 17.3 Å². The third-order valence-corrected chi connectivity index (χ3v) is 4.40. The largest absolute Gasteiger partial charge is 0.337 e. The number of nitrogens with zero attached hydrogens (tertiary/aromatic N) is 1. The predicted molar refractivity (Wildman–Crippen MR) is 76.0 cm³/mol. The smallest absolute Gasteiger partial charge is 0.264 e. The van der Waals surface area contributed by atoms with Gasteiger partial charge in [-0.2, -0.15) is 0 Å². The number of rotatable bonds is 5. The summed E-state index contributed by atoms with van der Waals surface area (Å²) in [6, 6.07) is 6.59. The molecule has 0 saturated heterocycles. The first kappa shape index (κ1) is 14.5. The van der Waals surface area contributed by atoms with Crippen LogP contribution < -0.4 is 10.5 Å². The van der Waals surface area contributed by atoms with Gasteiger partial charge in [-0.15, -0.1) is 0 Å². The number of sulfonamides is 1. The van der Waals surface area contributed by atoms with Crippen LogP contribution >= 0.6 is 0 Å². The number of nitrogens with two attached hydrogens (primary N) is 1. The van der Waals surface area contributed by atoms with Gasteiger partial charge in [0.05, 0.1) is 10.6 Å². The highest BCUT2D eigenvalue weighted by molar-refractivity contribution is 7.92. The van der Waals surface area contributed by atoms with E-state index in [-0.39, 0.29) is 10.8 Å². The fraction of sp³-hybridized carbons (Fsp3) is 0.308. The summed E-state index contributed by atoms with van der Waals surface area (Å²) >= 11 is 0. The molecule has 0 fully saturated rings. The van der Waals surface area contributed by atoms with Crippen molar-refractivity contribution in [1.82, 2.24) is 5.16 Å². The predicted octanol–water partition coefficient (Wildman–Crippen LogP) is 1.59. The molecule has 20 heavy (non-hydrogen) atoms. The average Bonchev–Trinajstić information content (AvgIpc) is 2.71. The molecule has 6 nitrogen and oxygen atoms in total. The molecule has 2 aromatic rings. The molecular weight excluding hydrogens is 278 g/mol. The first-order chi connectivity index (χ1) is 9.44. The number of hydrogen-bond acceptors (Lipinski definition) is 5. The molecule has 0 aliphatic carbocycles. The van der Waals surface area contributed by atoms with Crippen LogP contribution in [0.3, 0.4) is 0 Å². The SMILES string of the molecule is Cc1noc(NS(=O)(=O)c2ccc(CCN)cc2)c1C. The lowest BCUT2D eigenvalue weighted by molar-refractivity contribution is 0.430. The van der Waals surface area contributed by atoms with E-state index < -0.39 is 10.0 Å². The molecule has 0 spiro atoms. The van der Waals surface area contributed by atoms with Crippen molar-refractivity contribution in [2.45, 2.75) is 25.2 Å². The molecule has 7 heteroatoms. The molecule has 1 aromatic heterocycles. The molecule has 1 heterocycles. The number of anilines is 1. The van der Waals surface area contributed by atoms with Crippen LogP contribution in [-0.4, -0.2) is 20.1 Å². The van der Waals surface area contributed by atoms with Gasteiger partial charge in [-0.05, 0) is 44.5 Å². The van der Waals surface area contributed by atoms with Crippen LogP contribution in [0.1, 0.15) is 16.8 Å². The van der Waals surface area contributed by atoms with Crippen LogP contribution in [0.4, 0.5) is 5.88 Å². The number of benzene rings is 1. The molecule has 0 atom stereocenters. The first-order valence-electron chi connectivity index (χ1n) is 6.19. The summed E-state index contributed by atoms with van der Waals surface area (Å²) in [6.07, 6.45) is 0.716. The van der Waals surface area contributed by atoms with Crippen LogP contribution in [0.15, 0.2) is 33.7 Å². The highest BCUT2D eigenvalue weighted by Crippen LogP contribution is 2.21. The Balaban J connectivity index is 2.24. The molecule has 0 unspecified atom stereocenters. The molecule has 0 amide bonds.